The Morgan fingerprint density at radius 1 is 1.27 bits per heavy atom. The number of nitrogens with one attached hydrogen (secondary N) is 3. The fourth-order valence-electron chi connectivity index (χ4n) is 4.83. The quantitative estimate of drug-likeness (QED) is 0.643. The van der Waals surface area contributed by atoms with E-state index in [1.165, 1.54) is 0 Å². The van der Waals surface area contributed by atoms with Crippen LogP contribution in [0.3, 0.4) is 0 Å². The van der Waals surface area contributed by atoms with Crippen molar-refractivity contribution in [3.05, 3.63) is 28.3 Å². The minimum absolute atomic E-state index is 0.0201. The number of hydrogen-bond donors (Lipinski definition) is 3. The van der Waals surface area contributed by atoms with Gasteiger partial charge in [0.05, 0.1) is 5.92 Å². The van der Waals surface area contributed by atoms with E-state index < -0.39 is 0 Å². The van der Waals surface area contributed by atoms with E-state index in [0.29, 0.717) is 23.0 Å². The maximum absolute atomic E-state index is 13.0. The summed E-state index contributed by atoms with van der Waals surface area (Å²) < 4.78 is 0. The van der Waals surface area contributed by atoms with Gasteiger partial charge in [-0.15, -0.1) is 0 Å². The van der Waals surface area contributed by atoms with Crippen molar-refractivity contribution in [2.75, 3.05) is 38.1 Å². The largest absolute Gasteiger partial charge is 0.374 e. The van der Waals surface area contributed by atoms with Crippen LogP contribution in [0, 0.1) is 24.7 Å². The summed E-state index contributed by atoms with van der Waals surface area (Å²) in [6.45, 7) is 9.47. The zero-order valence-corrected chi connectivity index (χ0v) is 19.3. The number of hydrogen-bond acceptors (Lipinski definition) is 4. The van der Waals surface area contributed by atoms with Crippen LogP contribution in [0.15, 0.2) is 12.1 Å². The third-order valence-corrected chi connectivity index (χ3v) is 6.83. The summed E-state index contributed by atoms with van der Waals surface area (Å²) in [7, 11) is 2.07. The number of piperidine rings is 2. The van der Waals surface area contributed by atoms with E-state index in [0.717, 1.165) is 50.1 Å². The molecule has 7 heteroatoms. The highest BCUT2D eigenvalue weighted by molar-refractivity contribution is 6.31. The smallest absolute Gasteiger partial charge is 0.251 e. The molecule has 0 spiro atoms. The average molecular weight is 435 g/mol. The molecular formula is C23H35ClN4O2. The lowest BCUT2D eigenvalue weighted by atomic mass is 9.84. The molecule has 166 valence electrons. The van der Waals surface area contributed by atoms with Crippen molar-refractivity contribution in [3.8, 4) is 0 Å². The highest BCUT2D eigenvalue weighted by atomic mass is 35.5. The summed E-state index contributed by atoms with van der Waals surface area (Å²) in [6.07, 6.45) is 3.25. The van der Waals surface area contributed by atoms with Gasteiger partial charge in [-0.05, 0) is 75.7 Å². The molecule has 3 N–H and O–H groups in total. The predicted molar refractivity (Wildman–Crippen MR) is 122 cm³/mol. The monoisotopic (exact) mass is 434 g/mol. The molecule has 30 heavy (non-hydrogen) atoms. The maximum Gasteiger partial charge on any atom is 0.251 e. The van der Waals surface area contributed by atoms with Gasteiger partial charge in [0.2, 0.25) is 5.91 Å². The van der Waals surface area contributed by atoms with Crippen molar-refractivity contribution in [3.63, 3.8) is 0 Å². The molecule has 2 saturated heterocycles. The summed E-state index contributed by atoms with van der Waals surface area (Å²) >= 11 is 6.38. The zero-order chi connectivity index (χ0) is 21.8. The van der Waals surface area contributed by atoms with E-state index in [9.17, 15) is 9.59 Å². The zero-order valence-electron chi connectivity index (χ0n) is 18.6. The van der Waals surface area contributed by atoms with E-state index in [1.54, 1.807) is 6.07 Å². The van der Waals surface area contributed by atoms with E-state index in [2.05, 4.69) is 34.8 Å². The van der Waals surface area contributed by atoms with Gasteiger partial charge in [0.25, 0.3) is 5.91 Å². The van der Waals surface area contributed by atoms with Crippen LogP contribution in [0.1, 0.15) is 49.0 Å². The lowest BCUT2D eigenvalue weighted by molar-refractivity contribution is -0.129. The molecule has 0 aromatic heterocycles. The molecule has 0 radical (unpaired) electrons. The average Bonchev–Trinajstić information content (AvgIpc) is 2.69. The fourth-order valence-corrected chi connectivity index (χ4v) is 5.04. The van der Waals surface area contributed by atoms with E-state index in [-0.39, 0.29) is 29.7 Å². The molecule has 2 amide bonds. The number of carbonyl (C=O) groups excluding carboxylic acids is 2. The molecule has 3 rings (SSSR count). The van der Waals surface area contributed by atoms with Crippen molar-refractivity contribution < 1.29 is 9.59 Å². The molecule has 2 aliphatic rings. The lowest BCUT2D eigenvalue weighted by Crippen LogP contribution is -2.50. The first kappa shape index (κ1) is 22.9. The van der Waals surface area contributed by atoms with Crippen molar-refractivity contribution in [2.45, 2.75) is 46.1 Å². The van der Waals surface area contributed by atoms with Gasteiger partial charge in [0.1, 0.15) is 0 Å². The number of carbonyl (C=O) groups is 2. The minimum Gasteiger partial charge on any atom is -0.374 e. The van der Waals surface area contributed by atoms with Gasteiger partial charge in [-0.2, -0.15) is 0 Å². The summed E-state index contributed by atoms with van der Waals surface area (Å²) in [5.74, 6) is 0.519. The fraction of sp³-hybridized carbons (Fsp3) is 0.652. The topological polar surface area (TPSA) is 73.5 Å². The molecule has 1 aromatic rings. The molecule has 3 atom stereocenters. The Labute approximate surface area is 185 Å². The summed E-state index contributed by atoms with van der Waals surface area (Å²) in [5.41, 5.74) is 2.48. The van der Waals surface area contributed by atoms with Gasteiger partial charge in [0, 0.05) is 42.5 Å². The molecule has 6 nitrogen and oxygen atoms in total. The number of benzene rings is 1. The SMILES string of the molecule is Cc1c(C(=O)NCC2C(=O)NC(C)CC2C)cc(Cl)cc1N(C)CC1CCNCC1. The van der Waals surface area contributed by atoms with Gasteiger partial charge >= 0.3 is 0 Å². The van der Waals surface area contributed by atoms with Crippen LogP contribution in [-0.2, 0) is 4.79 Å². The first-order chi connectivity index (χ1) is 14.3. The van der Waals surface area contributed by atoms with Crippen LogP contribution in [0.4, 0.5) is 5.69 Å². The van der Waals surface area contributed by atoms with Crippen molar-refractivity contribution in [2.24, 2.45) is 17.8 Å². The molecule has 2 fully saturated rings. The van der Waals surface area contributed by atoms with Gasteiger partial charge in [0.15, 0.2) is 0 Å². The number of rotatable bonds is 6. The Morgan fingerprint density at radius 2 is 1.97 bits per heavy atom. The summed E-state index contributed by atoms with van der Waals surface area (Å²) in [5, 5.41) is 9.91. The molecule has 2 heterocycles. The molecule has 0 bridgehead atoms. The molecule has 1 aromatic carbocycles. The second-order valence-electron chi connectivity index (χ2n) is 9.11. The van der Waals surface area contributed by atoms with Crippen LogP contribution in [0.5, 0.6) is 0 Å². The maximum atomic E-state index is 13.0. The van der Waals surface area contributed by atoms with Crippen LogP contribution in [0.25, 0.3) is 0 Å². The Kier molecular flexibility index (Phi) is 7.64. The normalized spacial score (nSPS) is 25.0. The Bertz CT molecular complexity index is 779. The van der Waals surface area contributed by atoms with Crippen molar-refractivity contribution >= 4 is 29.1 Å². The highest BCUT2D eigenvalue weighted by Crippen LogP contribution is 2.29. The second-order valence-corrected chi connectivity index (χ2v) is 9.55. The lowest BCUT2D eigenvalue weighted by Gasteiger charge is -2.32. The van der Waals surface area contributed by atoms with Gasteiger partial charge in [-0.3, -0.25) is 9.59 Å². The first-order valence-electron chi connectivity index (χ1n) is 11.1. The third kappa shape index (κ3) is 5.46. The van der Waals surface area contributed by atoms with Crippen LogP contribution in [-0.4, -0.2) is 51.1 Å². The predicted octanol–water partition coefficient (Wildman–Crippen LogP) is 2.97. The standard InChI is InChI=1S/C23H35ClN4O2/c1-14-9-15(2)27-23(30)20(14)12-26-22(29)19-10-18(24)11-21(16(19)3)28(4)13-17-5-7-25-8-6-17/h10-11,14-15,17,20,25H,5-9,12-13H2,1-4H3,(H,26,29)(H,27,30). The van der Waals surface area contributed by atoms with E-state index in [1.807, 2.05) is 19.9 Å². The van der Waals surface area contributed by atoms with Crippen LogP contribution in [0.2, 0.25) is 5.02 Å². The Balaban J connectivity index is 1.69. The molecule has 0 saturated carbocycles. The summed E-state index contributed by atoms with van der Waals surface area (Å²) in [4.78, 5) is 27.5. The van der Waals surface area contributed by atoms with E-state index >= 15 is 0 Å². The van der Waals surface area contributed by atoms with Crippen LogP contribution >= 0.6 is 11.6 Å². The van der Waals surface area contributed by atoms with Gasteiger partial charge in [-0.25, -0.2) is 0 Å². The van der Waals surface area contributed by atoms with Gasteiger partial charge < -0.3 is 20.9 Å². The molecule has 0 aliphatic carbocycles. The highest BCUT2D eigenvalue weighted by Gasteiger charge is 2.32. The molecule has 3 unspecified atom stereocenters. The Morgan fingerprint density at radius 3 is 2.63 bits per heavy atom. The van der Waals surface area contributed by atoms with Crippen molar-refractivity contribution in [1.29, 1.82) is 0 Å². The number of halogens is 1. The number of nitrogens with zero attached hydrogens (tertiary/aromatic N) is 1. The van der Waals surface area contributed by atoms with Crippen molar-refractivity contribution in [1.82, 2.24) is 16.0 Å². The number of anilines is 1. The number of amides is 2. The second kappa shape index (κ2) is 10.0. The Hall–Kier alpha value is -1.79. The van der Waals surface area contributed by atoms with E-state index in [4.69, 9.17) is 11.6 Å². The first-order valence-corrected chi connectivity index (χ1v) is 11.4. The van der Waals surface area contributed by atoms with Crippen LogP contribution < -0.4 is 20.9 Å². The summed E-state index contributed by atoms with van der Waals surface area (Å²) in [6, 6.07) is 3.85. The minimum atomic E-state index is -0.202. The molecular weight excluding hydrogens is 400 g/mol. The van der Waals surface area contributed by atoms with Gasteiger partial charge in [-0.1, -0.05) is 18.5 Å². The third-order valence-electron chi connectivity index (χ3n) is 6.61. The molecule has 2 aliphatic heterocycles.